The van der Waals surface area contributed by atoms with Crippen LogP contribution < -0.4 is 10.7 Å². The summed E-state index contributed by atoms with van der Waals surface area (Å²) in [6.07, 6.45) is 1.48. The Balaban J connectivity index is 2.02. The van der Waals surface area contributed by atoms with E-state index >= 15 is 0 Å². The van der Waals surface area contributed by atoms with E-state index < -0.39 is 11.4 Å². The van der Waals surface area contributed by atoms with E-state index in [0.29, 0.717) is 32.5 Å². The number of amides is 2. The summed E-state index contributed by atoms with van der Waals surface area (Å²) < 4.78 is 5.18. The second-order valence-corrected chi connectivity index (χ2v) is 4.35. The summed E-state index contributed by atoms with van der Waals surface area (Å²) in [5.41, 5.74) is 1.65. The Kier molecular flexibility index (Phi) is 3.58. The van der Waals surface area contributed by atoms with E-state index in [1.54, 1.807) is 0 Å². The van der Waals surface area contributed by atoms with Crippen molar-refractivity contribution in [3.63, 3.8) is 0 Å². The van der Waals surface area contributed by atoms with Gasteiger partial charge in [0.15, 0.2) is 0 Å². The molecule has 18 heavy (non-hydrogen) atoms. The van der Waals surface area contributed by atoms with Crippen LogP contribution in [0.15, 0.2) is 5.10 Å². The molecule has 0 aliphatic carbocycles. The van der Waals surface area contributed by atoms with Gasteiger partial charge in [-0.2, -0.15) is 10.4 Å². The summed E-state index contributed by atoms with van der Waals surface area (Å²) >= 11 is 0. The average Bonchev–Trinajstić information content (AvgIpc) is 2.40. The third-order valence-electron chi connectivity index (χ3n) is 3.08. The Morgan fingerprint density at radius 3 is 2.72 bits per heavy atom. The molecule has 0 aromatic carbocycles. The number of nitrogens with one attached hydrogen (secondary N) is 2. The highest BCUT2D eigenvalue weighted by molar-refractivity contribution is 6.39. The van der Waals surface area contributed by atoms with E-state index in [0.717, 1.165) is 0 Å². The summed E-state index contributed by atoms with van der Waals surface area (Å²) in [5.74, 6) is -0.592. The molecule has 2 amide bonds. The van der Waals surface area contributed by atoms with Gasteiger partial charge in [0.25, 0.3) is 5.91 Å². The van der Waals surface area contributed by atoms with Crippen molar-refractivity contribution in [2.75, 3.05) is 13.2 Å². The van der Waals surface area contributed by atoms with E-state index in [1.807, 2.05) is 0 Å². The topological polar surface area (TPSA) is 104 Å². The van der Waals surface area contributed by atoms with E-state index in [1.165, 1.54) is 0 Å². The molecule has 0 spiro atoms. The van der Waals surface area contributed by atoms with Gasteiger partial charge in [-0.05, 0) is 0 Å². The number of carbonyl (C=O) groups is 2. The lowest BCUT2D eigenvalue weighted by atomic mass is 9.91. The maximum atomic E-state index is 12.0. The van der Waals surface area contributed by atoms with Crippen LogP contribution in [0.1, 0.15) is 25.7 Å². The predicted octanol–water partition coefficient (Wildman–Crippen LogP) is -0.559. The van der Waals surface area contributed by atoms with Gasteiger partial charge in [0.2, 0.25) is 5.91 Å². The largest absolute Gasteiger partial charge is 0.381 e. The zero-order valence-corrected chi connectivity index (χ0v) is 9.86. The predicted molar refractivity (Wildman–Crippen MR) is 61.4 cm³/mol. The van der Waals surface area contributed by atoms with Gasteiger partial charge in [0, 0.05) is 38.9 Å². The van der Waals surface area contributed by atoms with Crippen LogP contribution in [-0.4, -0.2) is 36.3 Å². The molecule has 0 aromatic rings. The third kappa shape index (κ3) is 2.65. The smallest absolute Gasteiger partial charge is 0.268 e. The Labute approximate surface area is 104 Å². The van der Waals surface area contributed by atoms with Gasteiger partial charge in [0.1, 0.15) is 11.3 Å². The van der Waals surface area contributed by atoms with Crippen LogP contribution in [0.25, 0.3) is 0 Å². The minimum atomic E-state index is -0.876. The molecule has 0 radical (unpaired) electrons. The lowest BCUT2D eigenvalue weighted by Gasteiger charge is -2.31. The molecular weight excluding hydrogens is 236 g/mol. The Hall–Kier alpha value is -1.94. The molecule has 2 N–H and O–H groups in total. The second-order valence-electron chi connectivity index (χ2n) is 4.35. The van der Waals surface area contributed by atoms with Crippen LogP contribution in [-0.2, 0) is 14.3 Å². The van der Waals surface area contributed by atoms with E-state index in [9.17, 15) is 14.9 Å². The van der Waals surface area contributed by atoms with Gasteiger partial charge < -0.3 is 10.1 Å². The van der Waals surface area contributed by atoms with E-state index in [4.69, 9.17) is 4.74 Å². The first-order valence-electron chi connectivity index (χ1n) is 5.82. The van der Waals surface area contributed by atoms with Crippen LogP contribution >= 0.6 is 0 Å². The molecule has 0 atom stereocenters. The summed E-state index contributed by atoms with van der Waals surface area (Å²) in [6.45, 7) is 0.911. The van der Waals surface area contributed by atoms with Gasteiger partial charge in [-0.25, -0.2) is 5.43 Å². The van der Waals surface area contributed by atoms with Crippen LogP contribution in [0.5, 0.6) is 0 Å². The molecule has 2 aliphatic rings. The van der Waals surface area contributed by atoms with Crippen molar-refractivity contribution in [1.82, 2.24) is 10.7 Å². The average molecular weight is 250 g/mol. The molecule has 2 aliphatic heterocycles. The van der Waals surface area contributed by atoms with Gasteiger partial charge in [-0.3, -0.25) is 9.59 Å². The van der Waals surface area contributed by atoms with Crippen molar-refractivity contribution in [3.05, 3.63) is 0 Å². The summed E-state index contributed by atoms with van der Waals surface area (Å²) in [4.78, 5) is 22.9. The fourth-order valence-corrected chi connectivity index (χ4v) is 1.91. The molecule has 0 unspecified atom stereocenters. The van der Waals surface area contributed by atoms with Crippen LogP contribution in [0.2, 0.25) is 0 Å². The van der Waals surface area contributed by atoms with E-state index in [2.05, 4.69) is 21.9 Å². The summed E-state index contributed by atoms with van der Waals surface area (Å²) in [6, 6.07) is 2.14. The lowest BCUT2D eigenvalue weighted by Crippen LogP contribution is -2.53. The Bertz CT molecular complexity index is 432. The monoisotopic (exact) mass is 250 g/mol. The zero-order chi connectivity index (χ0) is 13.0. The molecule has 2 rings (SSSR count). The van der Waals surface area contributed by atoms with E-state index in [-0.39, 0.29) is 18.0 Å². The fourth-order valence-electron chi connectivity index (χ4n) is 1.91. The number of carbonyl (C=O) groups excluding carboxylic acids is 2. The molecule has 0 aromatic heterocycles. The third-order valence-corrected chi connectivity index (χ3v) is 3.08. The molecule has 0 bridgehead atoms. The number of hydrogen-bond acceptors (Lipinski definition) is 5. The number of ether oxygens (including phenoxy) is 1. The molecule has 7 heteroatoms. The zero-order valence-electron chi connectivity index (χ0n) is 9.86. The second kappa shape index (κ2) is 5.14. The number of rotatable bonds is 2. The first kappa shape index (κ1) is 12.5. The van der Waals surface area contributed by atoms with Crippen molar-refractivity contribution < 1.29 is 14.3 Å². The first-order chi connectivity index (χ1) is 8.65. The van der Waals surface area contributed by atoms with Gasteiger partial charge in [-0.1, -0.05) is 0 Å². The van der Waals surface area contributed by atoms with Crippen molar-refractivity contribution in [2.45, 2.75) is 31.2 Å². The Morgan fingerprint density at radius 1 is 1.44 bits per heavy atom. The number of hydrazone groups is 1. The Morgan fingerprint density at radius 2 is 2.17 bits per heavy atom. The SMILES string of the molecule is N#CC1(NC(=O)C2=NNC(=O)CC2)CCOCC1. The van der Waals surface area contributed by atoms with Crippen LogP contribution in [0, 0.1) is 11.3 Å². The van der Waals surface area contributed by atoms with Crippen LogP contribution in [0.4, 0.5) is 0 Å². The quantitative estimate of drug-likeness (QED) is 0.685. The van der Waals surface area contributed by atoms with Crippen molar-refractivity contribution in [3.8, 4) is 6.07 Å². The summed E-state index contributed by atoms with van der Waals surface area (Å²) in [5, 5.41) is 15.6. The standard InChI is InChI=1S/C11H14N4O3/c12-7-11(3-5-18-6-4-11)13-10(17)8-1-2-9(16)15-14-8/h1-6H2,(H,13,17)(H,15,16). The summed E-state index contributed by atoms with van der Waals surface area (Å²) in [7, 11) is 0. The number of nitriles is 1. The highest BCUT2D eigenvalue weighted by atomic mass is 16.5. The van der Waals surface area contributed by atoms with Crippen molar-refractivity contribution >= 4 is 17.5 Å². The van der Waals surface area contributed by atoms with Gasteiger partial charge in [-0.15, -0.1) is 0 Å². The minimum Gasteiger partial charge on any atom is -0.381 e. The molecule has 96 valence electrons. The number of hydrogen-bond donors (Lipinski definition) is 2. The molecule has 2 heterocycles. The van der Waals surface area contributed by atoms with Gasteiger partial charge >= 0.3 is 0 Å². The van der Waals surface area contributed by atoms with Crippen molar-refractivity contribution in [1.29, 1.82) is 5.26 Å². The molecule has 7 nitrogen and oxygen atoms in total. The molecule has 1 fully saturated rings. The molecular formula is C11H14N4O3. The van der Waals surface area contributed by atoms with Crippen LogP contribution in [0.3, 0.4) is 0 Å². The lowest BCUT2D eigenvalue weighted by molar-refractivity contribution is -0.121. The molecule has 0 saturated carbocycles. The fraction of sp³-hybridized carbons (Fsp3) is 0.636. The number of nitrogens with zero attached hydrogens (tertiary/aromatic N) is 2. The molecule has 1 saturated heterocycles. The maximum absolute atomic E-state index is 12.0. The highest BCUT2D eigenvalue weighted by Gasteiger charge is 2.35. The maximum Gasteiger partial charge on any atom is 0.268 e. The minimum absolute atomic E-state index is 0.201. The highest BCUT2D eigenvalue weighted by Crippen LogP contribution is 2.19. The van der Waals surface area contributed by atoms with Gasteiger partial charge in [0.05, 0.1) is 6.07 Å². The normalized spacial score (nSPS) is 22.4. The first-order valence-corrected chi connectivity index (χ1v) is 5.82. The van der Waals surface area contributed by atoms with Crippen molar-refractivity contribution in [2.24, 2.45) is 5.10 Å².